The molecule has 1 spiro atoms. The lowest BCUT2D eigenvalue weighted by Crippen LogP contribution is -2.48. The molecule has 2 aliphatic rings. The van der Waals surface area contributed by atoms with Crippen LogP contribution in [0.3, 0.4) is 0 Å². The third kappa shape index (κ3) is 6.80. The van der Waals surface area contributed by atoms with Gasteiger partial charge in [0.15, 0.2) is 0 Å². The van der Waals surface area contributed by atoms with E-state index in [1.807, 2.05) is 52.8 Å². The molecule has 0 saturated carbocycles. The average Bonchev–Trinajstić information content (AvgIpc) is 3.46. The average molecular weight is 693 g/mol. The van der Waals surface area contributed by atoms with Crippen molar-refractivity contribution in [2.24, 2.45) is 5.41 Å². The van der Waals surface area contributed by atoms with Crippen molar-refractivity contribution in [1.29, 1.82) is 0 Å². The first-order valence-corrected chi connectivity index (χ1v) is 17.5. The zero-order valence-corrected chi connectivity index (χ0v) is 29.8. The molecule has 4 aromatic rings. The smallest absolute Gasteiger partial charge is 0.410 e. The first kappa shape index (κ1) is 33.9. The molecular formula is C36H41ClN4O6S. The second-order valence-corrected chi connectivity index (χ2v) is 15.1. The Morgan fingerprint density at radius 3 is 2.52 bits per heavy atom. The van der Waals surface area contributed by atoms with Crippen molar-refractivity contribution < 1.29 is 23.8 Å². The minimum atomic E-state index is -0.534. The zero-order chi connectivity index (χ0) is 34.4. The van der Waals surface area contributed by atoms with Gasteiger partial charge in [-0.1, -0.05) is 11.6 Å². The van der Waals surface area contributed by atoms with E-state index in [2.05, 4.69) is 4.98 Å². The molecule has 254 valence electrons. The van der Waals surface area contributed by atoms with Gasteiger partial charge in [0.25, 0.3) is 5.56 Å². The van der Waals surface area contributed by atoms with Gasteiger partial charge in [-0.05, 0) is 96.4 Å². The number of halogens is 1. The number of rotatable bonds is 6. The van der Waals surface area contributed by atoms with Gasteiger partial charge in [0, 0.05) is 45.9 Å². The monoisotopic (exact) mass is 692 g/mol. The van der Waals surface area contributed by atoms with Crippen LogP contribution in [0.5, 0.6) is 5.75 Å². The molecule has 0 atom stereocenters. The van der Waals surface area contributed by atoms with Crippen molar-refractivity contribution in [3.8, 4) is 16.9 Å². The van der Waals surface area contributed by atoms with Crippen molar-refractivity contribution in [2.45, 2.75) is 78.9 Å². The number of fused-ring (bicyclic) bond motifs is 2. The van der Waals surface area contributed by atoms with Gasteiger partial charge in [-0.3, -0.25) is 14.3 Å². The number of likely N-dealkylation sites (tertiary alicyclic amines) is 1. The Bertz CT molecular complexity index is 1950. The second-order valence-electron chi connectivity index (χ2n) is 13.8. The highest BCUT2D eigenvalue weighted by Gasteiger charge is 2.41. The van der Waals surface area contributed by atoms with Gasteiger partial charge in [-0.15, -0.1) is 11.3 Å². The number of thiophene rings is 1. The molecule has 0 N–H and O–H groups in total. The molecule has 1 aliphatic heterocycles. The number of piperidine rings is 1. The number of esters is 1. The van der Waals surface area contributed by atoms with Gasteiger partial charge in [0.05, 0.1) is 35.1 Å². The number of methoxy groups -OCH3 is 1. The maximum absolute atomic E-state index is 14.0. The van der Waals surface area contributed by atoms with Crippen LogP contribution in [0.1, 0.15) is 73.2 Å². The zero-order valence-electron chi connectivity index (χ0n) is 28.3. The van der Waals surface area contributed by atoms with E-state index in [0.717, 1.165) is 58.5 Å². The lowest BCUT2D eigenvalue weighted by molar-refractivity contribution is 0.00796. The molecule has 4 heterocycles. The van der Waals surface area contributed by atoms with Gasteiger partial charge in [-0.25, -0.2) is 14.6 Å². The van der Waals surface area contributed by atoms with Crippen LogP contribution in [-0.2, 0) is 28.9 Å². The Hall–Kier alpha value is -3.96. The van der Waals surface area contributed by atoms with Gasteiger partial charge < -0.3 is 19.1 Å². The number of ether oxygens (including phenoxy) is 3. The highest BCUT2D eigenvalue weighted by Crippen LogP contribution is 2.43. The summed E-state index contributed by atoms with van der Waals surface area (Å²) in [4.78, 5) is 50.3. The normalized spacial score (nSPS) is 15.8. The van der Waals surface area contributed by atoms with Crippen LogP contribution in [0, 0.1) is 19.3 Å². The fraction of sp³-hybridized carbons (Fsp3) is 0.472. The Morgan fingerprint density at radius 2 is 1.81 bits per heavy atom. The lowest BCUT2D eigenvalue weighted by Gasteiger charge is -2.44. The summed E-state index contributed by atoms with van der Waals surface area (Å²) in [7, 11) is 1.35. The summed E-state index contributed by atoms with van der Waals surface area (Å²) in [5.41, 5.74) is 4.42. The van der Waals surface area contributed by atoms with Crippen molar-refractivity contribution in [2.75, 3.05) is 26.8 Å². The molecule has 3 aromatic heterocycles. The van der Waals surface area contributed by atoms with Crippen LogP contribution in [0.15, 0.2) is 34.4 Å². The third-order valence-corrected chi connectivity index (χ3v) is 10.6. The van der Waals surface area contributed by atoms with Crippen molar-refractivity contribution in [1.82, 2.24) is 19.4 Å². The van der Waals surface area contributed by atoms with Crippen LogP contribution in [0.4, 0.5) is 4.79 Å². The number of hydrogen-bond acceptors (Lipinski definition) is 9. The molecule has 1 aliphatic carbocycles. The summed E-state index contributed by atoms with van der Waals surface area (Å²) < 4.78 is 19.4. The first-order chi connectivity index (χ1) is 22.8. The fourth-order valence-corrected chi connectivity index (χ4v) is 8.02. The SMILES string of the molecule is COC(=O)c1csc2c(-c3cc(Cl)ccc3OCCn3c(C)nc4c(c3=O)CC3(CC4)CCN(C(=O)OC(C)(C)C)CC3)cc(C)nc12. The minimum absolute atomic E-state index is 0.0218. The molecule has 0 unspecified atom stereocenters. The number of aromatic nitrogens is 3. The van der Waals surface area contributed by atoms with Gasteiger partial charge >= 0.3 is 12.1 Å². The molecule has 6 rings (SSSR count). The number of carbonyl (C=O) groups excluding carboxylic acids is 2. The van der Waals surface area contributed by atoms with Gasteiger partial charge in [0.2, 0.25) is 0 Å². The predicted molar refractivity (Wildman–Crippen MR) is 186 cm³/mol. The topological polar surface area (TPSA) is 113 Å². The van der Waals surface area contributed by atoms with Crippen molar-refractivity contribution in [3.05, 3.63) is 73.4 Å². The molecule has 1 amide bonds. The van der Waals surface area contributed by atoms with Crippen LogP contribution in [0.2, 0.25) is 5.02 Å². The number of pyridine rings is 1. The largest absolute Gasteiger partial charge is 0.491 e. The summed E-state index contributed by atoms with van der Waals surface area (Å²) in [5, 5.41) is 2.30. The van der Waals surface area contributed by atoms with Gasteiger partial charge in [-0.2, -0.15) is 0 Å². The molecule has 12 heteroatoms. The standard InChI is InChI=1S/C36H41ClN4O6S/c1-21-17-25(31-30(38-21)27(20-48-31)33(43)45-6)24-18-23(37)7-8-29(24)46-16-15-41-22(2)39-28-9-10-36(19-26(28)32(41)42)11-13-40(14-12-36)34(44)47-35(3,4)5/h7-8,17-18,20H,9-16,19H2,1-6H3. The molecule has 48 heavy (non-hydrogen) atoms. The highest BCUT2D eigenvalue weighted by atomic mass is 35.5. The van der Waals surface area contributed by atoms with E-state index in [1.165, 1.54) is 18.4 Å². The van der Waals surface area contributed by atoms with E-state index in [-0.39, 0.29) is 23.7 Å². The number of amides is 1. The Balaban J connectivity index is 1.20. The van der Waals surface area contributed by atoms with Crippen LogP contribution < -0.4 is 10.3 Å². The molecular weight excluding hydrogens is 652 g/mol. The van der Waals surface area contributed by atoms with Crippen LogP contribution in [-0.4, -0.2) is 63.9 Å². The van der Waals surface area contributed by atoms with E-state index in [4.69, 9.17) is 30.8 Å². The molecule has 0 bridgehead atoms. The summed E-state index contributed by atoms with van der Waals surface area (Å²) in [6.45, 7) is 11.2. The quantitative estimate of drug-likeness (QED) is 0.196. The van der Waals surface area contributed by atoms with E-state index in [1.54, 1.807) is 20.9 Å². The van der Waals surface area contributed by atoms with E-state index in [9.17, 15) is 14.4 Å². The molecule has 0 radical (unpaired) electrons. The molecule has 1 fully saturated rings. The lowest BCUT2D eigenvalue weighted by atomic mass is 9.67. The maximum atomic E-state index is 14.0. The number of benzene rings is 1. The second kappa shape index (κ2) is 13.2. The van der Waals surface area contributed by atoms with E-state index >= 15 is 0 Å². The number of carbonyl (C=O) groups is 2. The third-order valence-electron chi connectivity index (χ3n) is 9.32. The van der Waals surface area contributed by atoms with Crippen LogP contribution >= 0.6 is 22.9 Å². The first-order valence-electron chi connectivity index (χ1n) is 16.2. The van der Waals surface area contributed by atoms with Crippen molar-refractivity contribution in [3.63, 3.8) is 0 Å². The number of aryl methyl sites for hydroxylation is 3. The molecule has 10 nitrogen and oxygen atoms in total. The van der Waals surface area contributed by atoms with Crippen LogP contribution in [0.25, 0.3) is 21.3 Å². The predicted octanol–water partition coefficient (Wildman–Crippen LogP) is 7.16. The molecule has 1 aromatic carbocycles. The Labute approximate surface area is 289 Å². The summed E-state index contributed by atoms with van der Waals surface area (Å²) in [6.07, 6.45) is 3.74. The highest BCUT2D eigenvalue weighted by molar-refractivity contribution is 7.18. The summed E-state index contributed by atoms with van der Waals surface area (Å²) >= 11 is 7.88. The van der Waals surface area contributed by atoms with Crippen molar-refractivity contribution >= 4 is 45.2 Å². The van der Waals surface area contributed by atoms with E-state index in [0.29, 0.717) is 53.7 Å². The number of hydrogen-bond donors (Lipinski definition) is 0. The Kier molecular flexibility index (Phi) is 9.30. The number of nitrogens with zero attached hydrogens (tertiary/aromatic N) is 4. The van der Waals surface area contributed by atoms with Gasteiger partial charge in [0.1, 0.15) is 23.8 Å². The Morgan fingerprint density at radius 1 is 1.06 bits per heavy atom. The fourth-order valence-electron chi connectivity index (χ4n) is 6.85. The molecule has 1 saturated heterocycles. The summed E-state index contributed by atoms with van der Waals surface area (Å²) in [6, 6.07) is 7.38. The van der Waals surface area contributed by atoms with E-state index < -0.39 is 11.6 Å². The maximum Gasteiger partial charge on any atom is 0.410 e. The summed E-state index contributed by atoms with van der Waals surface area (Å²) in [5.74, 6) is 0.825. The minimum Gasteiger partial charge on any atom is -0.491 e.